The molecule has 1 aromatic carbocycles. The van der Waals surface area contributed by atoms with E-state index in [4.69, 9.17) is 12.2 Å². The van der Waals surface area contributed by atoms with Crippen molar-refractivity contribution in [2.45, 2.75) is 19.9 Å². The number of halogens is 1. The summed E-state index contributed by atoms with van der Waals surface area (Å²) < 4.78 is 12.9. The van der Waals surface area contributed by atoms with E-state index in [0.717, 1.165) is 11.3 Å². The Hall–Kier alpha value is -2.01. The molecule has 0 bridgehead atoms. The molecule has 1 atom stereocenters. The van der Waals surface area contributed by atoms with Gasteiger partial charge in [-0.3, -0.25) is 0 Å². The highest BCUT2D eigenvalue weighted by Gasteiger charge is 2.07. The molecule has 0 aliphatic heterocycles. The number of nitrogens with zero attached hydrogens (tertiary/aromatic N) is 1. The van der Waals surface area contributed by atoms with Crippen molar-refractivity contribution in [2.75, 3.05) is 5.32 Å². The maximum Gasteiger partial charge on any atom is 0.172 e. The number of aromatic nitrogens is 1. The van der Waals surface area contributed by atoms with Crippen LogP contribution in [0, 0.1) is 12.7 Å². The van der Waals surface area contributed by atoms with Gasteiger partial charge in [-0.25, -0.2) is 9.37 Å². The largest absolute Gasteiger partial charge is 0.356 e. The fourth-order valence-corrected chi connectivity index (χ4v) is 2.08. The molecule has 0 fully saturated rings. The summed E-state index contributed by atoms with van der Waals surface area (Å²) in [4.78, 5) is 4.32. The van der Waals surface area contributed by atoms with Crippen LogP contribution in [0.1, 0.15) is 24.2 Å². The summed E-state index contributed by atoms with van der Waals surface area (Å²) in [7, 11) is 0. The van der Waals surface area contributed by atoms with E-state index in [2.05, 4.69) is 15.6 Å². The van der Waals surface area contributed by atoms with E-state index in [1.807, 2.05) is 32.0 Å². The average molecular weight is 289 g/mol. The van der Waals surface area contributed by atoms with Crippen molar-refractivity contribution in [3.05, 3.63) is 59.5 Å². The number of anilines is 1. The molecule has 0 spiro atoms. The van der Waals surface area contributed by atoms with Gasteiger partial charge in [-0.15, -0.1) is 0 Å². The molecule has 0 saturated heterocycles. The molecule has 2 N–H and O–H groups in total. The van der Waals surface area contributed by atoms with Gasteiger partial charge >= 0.3 is 0 Å². The van der Waals surface area contributed by atoms with Gasteiger partial charge in [0.2, 0.25) is 0 Å². The SMILES string of the molecule is Cc1cccc(NC(=S)N[C@@H](C)c2ccc(F)cc2)n1. The van der Waals surface area contributed by atoms with Crippen molar-refractivity contribution in [1.29, 1.82) is 0 Å². The second kappa shape index (κ2) is 6.43. The Morgan fingerprint density at radius 2 is 1.90 bits per heavy atom. The van der Waals surface area contributed by atoms with Crippen LogP contribution in [0.3, 0.4) is 0 Å². The molecule has 5 heteroatoms. The van der Waals surface area contributed by atoms with Crippen molar-refractivity contribution in [3.63, 3.8) is 0 Å². The highest BCUT2D eigenvalue weighted by Crippen LogP contribution is 2.13. The van der Waals surface area contributed by atoms with E-state index in [1.165, 1.54) is 12.1 Å². The minimum atomic E-state index is -0.245. The van der Waals surface area contributed by atoms with Crippen LogP contribution < -0.4 is 10.6 Å². The first-order valence-electron chi connectivity index (χ1n) is 6.31. The Morgan fingerprint density at radius 3 is 2.55 bits per heavy atom. The smallest absolute Gasteiger partial charge is 0.172 e. The minimum Gasteiger partial charge on any atom is -0.356 e. The van der Waals surface area contributed by atoms with Crippen LogP contribution in [0.5, 0.6) is 0 Å². The van der Waals surface area contributed by atoms with E-state index < -0.39 is 0 Å². The molecule has 0 radical (unpaired) electrons. The molecule has 2 aromatic rings. The molecule has 1 heterocycles. The monoisotopic (exact) mass is 289 g/mol. The lowest BCUT2D eigenvalue weighted by Crippen LogP contribution is -2.31. The van der Waals surface area contributed by atoms with Crippen molar-refractivity contribution in [3.8, 4) is 0 Å². The Bertz CT molecular complexity index is 598. The fourth-order valence-electron chi connectivity index (χ4n) is 1.80. The molecule has 2 rings (SSSR count). The van der Waals surface area contributed by atoms with E-state index in [0.29, 0.717) is 10.9 Å². The number of rotatable bonds is 3. The van der Waals surface area contributed by atoms with Crippen LogP contribution in [-0.4, -0.2) is 10.1 Å². The topological polar surface area (TPSA) is 37.0 Å². The molecule has 3 nitrogen and oxygen atoms in total. The first kappa shape index (κ1) is 14.4. The Balaban J connectivity index is 1.95. The highest BCUT2D eigenvalue weighted by atomic mass is 32.1. The molecule has 0 amide bonds. The lowest BCUT2D eigenvalue weighted by atomic mass is 10.1. The van der Waals surface area contributed by atoms with E-state index in [9.17, 15) is 4.39 Å². The van der Waals surface area contributed by atoms with Gasteiger partial charge in [0.05, 0.1) is 6.04 Å². The van der Waals surface area contributed by atoms with Crippen LogP contribution in [0.2, 0.25) is 0 Å². The molecule has 0 saturated carbocycles. The molecule has 0 aliphatic rings. The Labute approximate surface area is 123 Å². The van der Waals surface area contributed by atoms with Gasteiger partial charge in [0.1, 0.15) is 11.6 Å². The third-order valence-electron chi connectivity index (χ3n) is 2.85. The van der Waals surface area contributed by atoms with Crippen molar-refractivity contribution < 1.29 is 4.39 Å². The molecule has 20 heavy (non-hydrogen) atoms. The number of hydrogen-bond donors (Lipinski definition) is 2. The van der Waals surface area contributed by atoms with Gasteiger partial charge in [0.25, 0.3) is 0 Å². The molecule has 0 aliphatic carbocycles. The predicted molar refractivity (Wildman–Crippen MR) is 83.1 cm³/mol. The lowest BCUT2D eigenvalue weighted by molar-refractivity contribution is 0.624. The average Bonchev–Trinajstić information content (AvgIpc) is 2.39. The molecular formula is C15H16FN3S. The zero-order valence-corrected chi connectivity index (χ0v) is 12.2. The Morgan fingerprint density at radius 1 is 1.20 bits per heavy atom. The van der Waals surface area contributed by atoms with Gasteiger partial charge in [-0.05, 0) is 55.9 Å². The van der Waals surface area contributed by atoms with Crippen LogP contribution in [0.15, 0.2) is 42.5 Å². The normalized spacial score (nSPS) is 11.8. The number of hydrogen-bond acceptors (Lipinski definition) is 2. The predicted octanol–water partition coefficient (Wildman–Crippen LogP) is 3.58. The fraction of sp³-hybridized carbons (Fsp3) is 0.200. The van der Waals surface area contributed by atoms with Gasteiger partial charge < -0.3 is 10.6 Å². The van der Waals surface area contributed by atoms with Crippen molar-refractivity contribution in [2.24, 2.45) is 0 Å². The van der Waals surface area contributed by atoms with E-state index in [-0.39, 0.29) is 11.9 Å². The van der Waals surface area contributed by atoms with Gasteiger partial charge in [-0.1, -0.05) is 18.2 Å². The second-order valence-corrected chi connectivity index (χ2v) is 4.94. The van der Waals surface area contributed by atoms with Crippen molar-refractivity contribution in [1.82, 2.24) is 10.3 Å². The van der Waals surface area contributed by atoms with Gasteiger partial charge in [0, 0.05) is 5.69 Å². The van der Waals surface area contributed by atoms with Crippen LogP contribution in [0.4, 0.5) is 10.2 Å². The zero-order chi connectivity index (χ0) is 14.5. The third-order valence-corrected chi connectivity index (χ3v) is 3.07. The number of thiocarbonyl (C=S) groups is 1. The maximum atomic E-state index is 12.9. The minimum absolute atomic E-state index is 0.0135. The van der Waals surface area contributed by atoms with Crippen LogP contribution in [0.25, 0.3) is 0 Å². The third kappa shape index (κ3) is 3.99. The summed E-state index contributed by atoms with van der Waals surface area (Å²) >= 11 is 5.25. The molecule has 1 aromatic heterocycles. The number of nitrogens with one attached hydrogen (secondary N) is 2. The maximum absolute atomic E-state index is 12.9. The first-order chi connectivity index (χ1) is 9.54. The highest BCUT2D eigenvalue weighted by molar-refractivity contribution is 7.80. The second-order valence-electron chi connectivity index (χ2n) is 4.54. The summed E-state index contributed by atoms with van der Waals surface area (Å²) in [5.41, 5.74) is 1.89. The molecule has 0 unspecified atom stereocenters. The van der Waals surface area contributed by atoms with Crippen LogP contribution >= 0.6 is 12.2 Å². The molecular weight excluding hydrogens is 273 g/mol. The number of benzene rings is 1. The van der Waals surface area contributed by atoms with E-state index >= 15 is 0 Å². The summed E-state index contributed by atoms with van der Waals surface area (Å²) in [5, 5.41) is 6.66. The van der Waals surface area contributed by atoms with E-state index in [1.54, 1.807) is 12.1 Å². The lowest BCUT2D eigenvalue weighted by Gasteiger charge is -2.17. The van der Waals surface area contributed by atoms with Gasteiger partial charge in [0.15, 0.2) is 5.11 Å². The summed E-state index contributed by atoms with van der Waals surface area (Å²) in [6.07, 6.45) is 0. The Kier molecular flexibility index (Phi) is 4.63. The van der Waals surface area contributed by atoms with Gasteiger partial charge in [-0.2, -0.15) is 0 Å². The molecule has 104 valence electrons. The van der Waals surface area contributed by atoms with Crippen LogP contribution in [-0.2, 0) is 0 Å². The number of pyridine rings is 1. The summed E-state index contributed by atoms with van der Waals surface area (Å²) in [6, 6.07) is 12.0. The quantitative estimate of drug-likeness (QED) is 0.847. The number of aryl methyl sites for hydroxylation is 1. The zero-order valence-electron chi connectivity index (χ0n) is 11.4. The standard InChI is InChI=1S/C15H16FN3S/c1-10-4-3-5-14(17-10)19-15(20)18-11(2)12-6-8-13(16)9-7-12/h3-9,11H,1-2H3,(H2,17,18,19,20)/t11-/m0/s1. The summed E-state index contributed by atoms with van der Waals surface area (Å²) in [6.45, 7) is 3.88. The summed E-state index contributed by atoms with van der Waals surface area (Å²) in [5.74, 6) is 0.458. The first-order valence-corrected chi connectivity index (χ1v) is 6.72. The van der Waals surface area contributed by atoms with Crippen molar-refractivity contribution >= 4 is 23.1 Å².